The number of carboxylic acid groups (broad SMARTS) is 1. The molecule has 4 rings (SSSR count). The van der Waals surface area contributed by atoms with Crippen molar-refractivity contribution < 1.29 is 23.8 Å². The molecule has 0 saturated carbocycles. The molecule has 6 nitrogen and oxygen atoms in total. The Labute approximate surface area is 247 Å². The molecule has 0 amide bonds. The molecule has 1 fully saturated rings. The predicted molar refractivity (Wildman–Crippen MR) is 161 cm³/mol. The van der Waals surface area contributed by atoms with Gasteiger partial charge in [-0.15, -0.1) is 0 Å². The maximum Gasteiger partial charge on any atom is 0.337 e. The number of piperidine rings is 1. The van der Waals surface area contributed by atoms with Gasteiger partial charge in [-0.2, -0.15) is 0 Å². The number of benzene rings is 2. The fraction of sp³-hybridized carbons (Fsp3) is 0.455. The van der Waals surface area contributed by atoms with Crippen LogP contribution in [-0.2, 0) is 16.0 Å². The van der Waals surface area contributed by atoms with Crippen LogP contribution in [0.5, 0.6) is 5.75 Å². The van der Waals surface area contributed by atoms with Crippen molar-refractivity contribution in [2.75, 3.05) is 24.6 Å². The molecular formula is C33H40ClFN2O4. The summed E-state index contributed by atoms with van der Waals surface area (Å²) in [4.78, 5) is 19.5. The standard InChI is InChI=1S/C33H40ClFN2O4/c1-21-26(29(31(38)39)41-32(2,3)4)28(37-18-16-33(5,6)17-19-37)27(30(34)36-21)23-9-13-25(14-10-23)40-20-15-22-7-11-24(35)12-8-22/h7-14,29H,15-20H2,1-6H3,(H,38,39)/t29-/m0/s1. The molecule has 8 heteroatoms. The number of carbonyl (C=O) groups is 1. The number of aliphatic carboxylic acids is 1. The number of hydrogen-bond acceptors (Lipinski definition) is 5. The minimum atomic E-state index is -1.21. The molecule has 220 valence electrons. The van der Waals surface area contributed by atoms with Gasteiger partial charge in [0.25, 0.3) is 0 Å². The Morgan fingerprint density at radius 1 is 1.10 bits per heavy atom. The Balaban J connectivity index is 1.71. The number of anilines is 1. The van der Waals surface area contributed by atoms with Crippen molar-refractivity contribution in [2.45, 2.75) is 72.5 Å². The zero-order valence-corrected chi connectivity index (χ0v) is 25.5. The number of aromatic nitrogens is 1. The van der Waals surface area contributed by atoms with Crippen molar-refractivity contribution in [1.82, 2.24) is 4.98 Å². The molecule has 0 aliphatic carbocycles. The van der Waals surface area contributed by atoms with E-state index in [-0.39, 0.29) is 11.2 Å². The highest BCUT2D eigenvalue weighted by molar-refractivity contribution is 6.33. The third-order valence-electron chi connectivity index (χ3n) is 7.46. The fourth-order valence-electron chi connectivity index (χ4n) is 5.14. The molecule has 3 aromatic rings. The lowest BCUT2D eigenvalue weighted by atomic mass is 9.82. The summed E-state index contributed by atoms with van der Waals surface area (Å²) in [6.45, 7) is 13.8. The Morgan fingerprint density at radius 2 is 1.71 bits per heavy atom. The molecule has 1 N–H and O–H groups in total. The van der Waals surface area contributed by atoms with Crippen LogP contribution in [0.1, 0.15) is 70.4 Å². The molecular weight excluding hydrogens is 543 g/mol. The van der Waals surface area contributed by atoms with Crippen LogP contribution in [0, 0.1) is 18.2 Å². The van der Waals surface area contributed by atoms with Gasteiger partial charge in [0.1, 0.15) is 16.7 Å². The molecule has 0 bridgehead atoms. The van der Waals surface area contributed by atoms with Gasteiger partial charge >= 0.3 is 5.97 Å². The quantitative estimate of drug-likeness (QED) is 0.257. The monoisotopic (exact) mass is 582 g/mol. The number of nitrogens with zero attached hydrogens (tertiary/aromatic N) is 2. The summed E-state index contributed by atoms with van der Waals surface area (Å²) >= 11 is 6.85. The number of ether oxygens (including phenoxy) is 2. The summed E-state index contributed by atoms with van der Waals surface area (Å²) in [5, 5.41) is 10.6. The van der Waals surface area contributed by atoms with Gasteiger partial charge in [-0.25, -0.2) is 14.2 Å². The van der Waals surface area contributed by atoms with E-state index < -0.39 is 17.7 Å². The van der Waals surface area contributed by atoms with Crippen molar-refractivity contribution in [2.24, 2.45) is 5.41 Å². The minimum Gasteiger partial charge on any atom is -0.493 e. The second-order valence-electron chi connectivity index (χ2n) is 12.5. The fourth-order valence-corrected chi connectivity index (χ4v) is 5.47. The molecule has 2 aromatic carbocycles. The first kappa shape index (κ1) is 30.8. The van der Waals surface area contributed by atoms with E-state index in [0.29, 0.717) is 40.8 Å². The van der Waals surface area contributed by atoms with Crippen LogP contribution < -0.4 is 9.64 Å². The van der Waals surface area contributed by atoms with Crippen LogP contribution in [0.3, 0.4) is 0 Å². The third kappa shape index (κ3) is 7.77. The molecule has 1 aliphatic heterocycles. The predicted octanol–water partition coefficient (Wildman–Crippen LogP) is 8.04. The largest absolute Gasteiger partial charge is 0.493 e. The number of carboxylic acids is 1. The van der Waals surface area contributed by atoms with Crippen molar-refractivity contribution in [1.29, 1.82) is 0 Å². The molecule has 0 unspecified atom stereocenters. The number of hydrogen-bond donors (Lipinski definition) is 1. The van der Waals surface area contributed by atoms with E-state index in [1.54, 1.807) is 19.1 Å². The van der Waals surface area contributed by atoms with Crippen LogP contribution in [0.2, 0.25) is 5.15 Å². The van der Waals surface area contributed by atoms with Crippen molar-refractivity contribution in [3.8, 4) is 16.9 Å². The first-order valence-electron chi connectivity index (χ1n) is 14.1. The maximum atomic E-state index is 13.2. The van der Waals surface area contributed by atoms with E-state index in [1.807, 2.05) is 45.0 Å². The van der Waals surface area contributed by atoms with Gasteiger partial charge < -0.3 is 19.5 Å². The summed E-state index contributed by atoms with van der Waals surface area (Å²) in [5.74, 6) is -0.639. The van der Waals surface area contributed by atoms with Gasteiger partial charge in [0, 0.05) is 36.3 Å². The van der Waals surface area contributed by atoms with Gasteiger partial charge in [-0.1, -0.05) is 49.7 Å². The molecule has 2 heterocycles. The Kier molecular flexibility index (Phi) is 9.29. The second kappa shape index (κ2) is 12.4. The average Bonchev–Trinajstić information content (AvgIpc) is 2.88. The minimum absolute atomic E-state index is 0.198. The van der Waals surface area contributed by atoms with Gasteiger partial charge in [0.05, 0.1) is 17.9 Å². The van der Waals surface area contributed by atoms with E-state index >= 15 is 0 Å². The molecule has 41 heavy (non-hydrogen) atoms. The maximum absolute atomic E-state index is 13.2. The van der Waals surface area contributed by atoms with E-state index in [0.717, 1.165) is 42.7 Å². The summed E-state index contributed by atoms with van der Waals surface area (Å²) in [5.41, 5.74) is 3.84. The number of aryl methyl sites for hydroxylation is 1. The summed E-state index contributed by atoms with van der Waals surface area (Å²) in [6.07, 6.45) is 1.36. The lowest BCUT2D eigenvalue weighted by Crippen LogP contribution is -2.39. The number of rotatable bonds is 9. The molecule has 0 radical (unpaired) electrons. The van der Waals surface area contributed by atoms with Crippen LogP contribution >= 0.6 is 11.6 Å². The smallest absolute Gasteiger partial charge is 0.337 e. The lowest BCUT2D eigenvalue weighted by molar-refractivity contribution is -0.160. The highest BCUT2D eigenvalue weighted by Crippen LogP contribution is 2.46. The number of pyridine rings is 1. The Morgan fingerprint density at radius 3 is 2.27 bits per heavy atom. The van der Waals surface area contributed by atoms with Crippen molar-refractivity contribution in [3.63, 3.8) is 0 Å². The van der Waals surface area contributed by atoms with Gasteiger partial charge in [0.15, 0.2) is 6.10 Å². The summed E-state index contributed by atoms with van der Waals surface area (Å²) < 4.78 is 25.3. The first-order valence-corrected chi connectivity index (χ1v) is 14.5. The van der Waals surface area contributed by atoms with E-state index in [9.17, 15) is 14.3 Å². The zero-order valence-electron chi connectivity index (χ0n) is 24.8. The van der Waals surface area contributed by atoms with Gasteiger partial charge in [-0.3, -0.25) is 0 Å². The zero-order chi connectivity index (χ0) is 29.9. The third-order valence-corrected chi connectivity index (χ3v) is 7.73. The van der Waals surface area contributed by atoms with E-state index in [1.165, 1.54) is 12.1 Å². The highest BCUT2D eigenvalue weighted by atomic mass is 35.5. The van der Waals surface area contributed by atoms with Crippen LogP contribution in [0.15, 0.2) is 48.5 Å². The van der Waals surface area contributed by atoms with E-state index in [2.05, 4.69) is 23.7 Å². The SMILES string of the molecule is Cc1nc(Cl)c(-c2ccc(OCCc3ccc(F)cc3)cc2)c(N2CCC(C)(C)CC2)c1[C@H](OC(C)(C)C)C(=O)O. The van der Waals surface area contributed by atoms with Crippen molar-refractivity contribution in [3.05, 3.63) is 76.3 Å². The average molecular weight is 583 g/mol. The normalized spacial score (nSPS) is 16.0. The topological polar surface area (TPSA) is 71.9 Å². The number of halogens is 2. The van der Waals surface area contributed by atoms with Crippen molar-refractivity contribution >= 4 is 23.3 Å². The highest BCUT2D eigenvalue weighted by Gasteiger charge is 2.36. The molecule has 1 saturated heterocycles. The Hall–Kier alpha value is -3.16. The lowest BCUT2D eigenvalue weighted by Gasteiger charge is -2.41. The summed E-state index contributed by atoms with van der Waals surface area (Å²) in [6, 6.07) is 14.0. The molecule has 0 spiro atoms. The van der Waals surface area contributed by atoms with Crippen LogP contribution in [0.4, 0.5) is 10.1 Å². The molecule has 1 aromatic heterocycles. The Bertz CT molecular complexity index is 1360. The van der Waals surface area contributed by atoms with Crippen LogP contribution in [0.25, 0.3) is 11.1 Å². The summed E-state index contributed by atoms with van der Waals surface area (Å²) in [7, 11) is 0. The van der Waals surface area contributed by atoms with Gasteiger partial charge in [0.2, 0.25) is 0 Å². The first-order chi connectivity index (χ1) is 19.2. The van der Waals surface area contributed by atoms with Gasteiger partial charge in [-0.05, 0) is 81.3 Å². The van der Waals surface area contributed by atoms with E-state index in [4.69, 9.17) is 21.1 Å². The molecule has 1 atom stereocenters. The molecule has 1 aliphatic rings. The second-order valence-corrected chi connectivity index (χ2v) is 12.8. The van der Waals surface area contributed by atoms with Crippen LogP contribution in [-0.4, -0.2) is 41.4 Å².